The van der Waals surface area contributed by atoms with Gasteiger partial charge in [-0.1, -0.05) is 86.0 Å². The van der Waals surface area contributed by atoms with Gasteiger partial charge in [0.25, 0.3) is 0 Å². The zero-order chi connectivity index (χ0) is 40.3. The first kappa shape index (κ1) is 37.3. The van der Waals surface area contributed by atoms with E-state index in [-0.39, 0.29) is 11.8 Å². The number of carbonyl (C=O) groups is 2. The number of hydrogen-bond acceptors (Lipinski definition) is 6. The van der Waals surface area contributed by atoms with Crippen molar-refractivity contribution in [3.63, 3.8) is 0 Å². The van der Waals surface area contributed by atoms with E-state index >= 15 is 0 Å². The van der Waals surface area contributed by atoms with Gasteiger partial charge >= 0.3 is 0 Å². The summed E-state index contributed by atoms with van der Waals surface area (Å²) in [4.78, 5) is 33.1. The summed E-state index contributed by atoms with van der Waals surface area (Å²) < 4.78 is 11.7. The largest absolute Gasteiger partial charge is 0.492 e. The molecule has 8 heteroatoms. The molecule has 0 spiro atoms. The maximum atomic E-state index is 11.4. The maximum absolute atomic E-state index is 11.4. The van der Waals surface area contributed by atoms with Crippen LogP contribution in [0.15, 0.2) is 169 Å². The van der Waals surface area contributed by atoms with Gasteiger partial charge in [0.2, 0.25) is 11.8 Å². The van der Waals surface area contributed by atoms with Crippen LogP contribution in [0.25, 0.3) is 11.1 Å². The lowest BCUT2D eigenvalue weighted by atomic mass is 9.67. The second-order valence-corrected chi connectivity index (χ2v) is 14.7. The van der Waals surface area contributed by atoms with Crippen LogP contribution in [-0.2, 0) is 27.8 Å². The number of aliphatic imine (C=N–C) groups is 2. The van der Waals surface area contributed by atoms with Crippen molar-refractivity contribution < 1.29 is 19.1 Å². The molecule has 0 saturated carbocycles. The highest BCUT2D eigenvalue weighted by molar-refractivity contribution is 6.07. The molecule has 2 heterocycles. The predicted octanol–water partition coefficient (Wildman–Crippen LogP) is 8.77. The van der Waals surface area contributed by atoms with Gasteiger partial charge in [-0.05, 0) is 128 Å². The molecule has 0 fully saturated rings. The monoisotopic (exact) mass is 774 g/mol. The Labute approximate surface area is 343 Å². The zero-order valence-corrected chi connectivity index (χ0v) is 32.5. The van der Waals surface area contributed by atoms with Crippen LogP contribution in [0.4, 0.5) is 11.4 Å². The van der Waals surface area contributed by atoms with Crippen molar-refractivity contribution in [2.24, 2.45) is 9.98 Å². The smallest absolute Gasteiger partial charge is 0.243 e. The van der Waals surface area contributed by atoms with Gasteiger partial charge in [-0.25, -0.2) is 0 Å². The Hall–Kier alpha value is -7.32. The lowest BCUT2D eigenvalue weighted by molar-refractivity contribution is -0.117. The quantitative estimate of drug-likeness (QED) is 0.0853. The Balaban J connectivity index is 0.993. The molecule has 3 aliphatic rings. The molecular weight excluding hydrogens is 733 g/mol. The van der Waals surface area contributed by atoms with E-state index in [0.29, 0.717) is 39.1 Å². The minimum atomic E-state index is -0.559. The Kier molecular flexibility index (Phi) is 10.0. The number of amides is 2. The molecule has 2 aliphatic heterocycles. The van der Waals surface area contributed by atoms with Gasteiger partial charge in [0.1, 0.15) is 24.7 Å². The van der Waals surface area contributed by atoms with Crippen molar-refractivity contribution in [1.82, 2.24) is 10.6 Å². The molecule has 0 aromatic heterocycles. The molecule has 2 N–H and O–H groups in total. The first-order chi connectivity index (χ1) is 28.9. The molecule has 1 aliphatic carbocycles. The van der Waals surface area contributed by atoms with Gasteiger partial charge in [-0.3, -0.25) is 19.6 Å². The van der Waals surface area contributed by atoms with Crippen LogP contribution < -0.4 is 20.1 Å². The highest BCUT2D eigenvalue weighted by atomic mass is 16.5. The molecular formula is C51H42N4O4. The van der Waals surface area contributed by atoms with E-state index in [9.17, 15) is 9.59 Å². The van der Waals surface area contributed by atoms with E-state index in [1.54, 1.807) is 0 Å². The number of nitrogens with zero attached hydrogens (tertiary/aromatic N) is 2. The lowest BCUT2D eigenvalue weighted by Gasteiger charge is -2.34. The Morgan fingerprint density at radius 1 is 0.576 bits per heavy atom. The first-order valence-corrected chi connectivity index (χ1v) is 19.8. The summed E-state index contributed by atoms with van der Waals surface area (Å²) in [7, 11) is 0. The van der Waals surface area contributed by atoms with Crippen molar-refractivity contribution in [2.75, 3.05) is 26.3 Å². The van der Waals surface area contributed by atoms with Gasteiger partial charge in [-0.2, -0.15) is 0 Å². The normalized spacial score (nSPS) is 13.8. The molecule has 6 aromatic rings. The fraction of sp³-hybridized carbons (Fsp3) is 0.137. The third-order valence-corrected chi connectivity index (χ3v) is 11.3. The summed E-state index contributed by atoms with van der Waals surface area (Å²) in [5.41, 5.74) is 15.3. The molecule has 0 bridgehead atoms. The zero-order valence-electron chi connectivity index (χ0n) is 32.5. The Morgan fingerprint density at radius 2 is 1.00 bits per heavy atom. The molecule has 0 saturated heterocycles. The van der Waals surface area contributed by atoms with E-state index in [2.05, 4.69) is 109 Å². The molecule has 0 unspecified atom stereocenters. The number of ether oxygens (including phenoxy) is 2. The fourth-order valence-corrected chi connectivity index (χ4v) is 8.54. The van der Waals surface area contributed by atoms with Crippen LogP contribution in [0.2, 0.25) is 0 Å². The van der Waals surface area contributed by atoms with Crippen molar-refractivity contribution in [2.45, 2.75) is 18.3 Å². The second-order valence-electron chi connectivity index (χ2n) is 14.7. The topological polar surface area (TPSA) is 101 Å². The maximum Gasteiger partial charge on any atom is 0.243 e. The molecule has 2 amide bonds. The van der Waals surface area contributed by atoms with Crippen LogP contribution in [0.3, 0.4) is 0 Å². The van der Waals surface area contributed by atoms with Gasteiger partial charge in [0.15, 0.2) is 0 Å². The minimum Gasteiger partial charge on any atom is -0.492 e. The molecule has 290 valence electrons. The minimum absolute atomic E-state index is 0.217. The van der Waals surface area contributed by atoms with Gasteiger partial charge in [0, 0.05) is 12.8 Å². The Bertz CT molecular complexity index is 2510. The summed E-state index contributed by atoms with van der Waals surface area (Å²) in [5, 5.41) is 5.46. The van der Waals surface area contributed by atoms with Crippen LogP contribution in [0.5, 0.6) is 11.5 Å². The second kappa shape index (κ2) is 15.9. The summed E-state index contributed by atoms with van der Waals surface area (Å²) in [5.74, 6) is 1.04. The van der Waals surface area contributed by atoms with E-state index in [0.717, 1.165) is 45.4 Å². The van der Waals surface area contributed by atoms with Crippen molar-refractivity contribution in [1.29, 1.82) is 0 Å². The highest BCUT2D eigenvalue weighted by Crippen LogP contribution is 2.57. The Morgan fingerprint density at radius 3 is 1.42 bits per heavy atom. The number of rotatable bonds is 14. The van der Waals surface area contributed by atoms with E-state index in [1.165, 1.54) is 56.7 Å². The van der Waals surface area contributed by atoms with Gasteiger partial charge < -0.3 is 20.1 Å². The van der Waals surface area contributed by atoms with Crippen molar-refractivity contribution in [3.8, 4) is 22.6 Å². The van der Waals surface area contributed by atoms with E-state index in [4.69, 9.17) is 19.5 Å². The summed E-state index contributed by atoms with van der Waals surface area (Å²) in [6.07, 6.45) is 3.93. The molecule has 59 heavy (non-hydrogen) atoms. The van der Waals surface area contributed by atoms with Crippen LogP contribution >= 0.6 is 0 Å². The lowest BCUT2D eigenvalue weighted by Crippen LogP contribution is -2.29. The van der Waals surface area contributed by atoms with Gasteiger partial charge in [-0.15, -0.1) is 0 Å². The number of nitrogens with one attached hydrogen (secondary N) is 2. The third-order valence-electron chi connectivity index (χ3n) is 11.3. The number of carbonyl (C=O) groups excluding carboxylic acids is 2. The summed E-state index contributed by atoms with van der Waals surface area (Å²) in [6.45, 7) is 8.50. The molecule has 8 nitrogen and oxygen atoms in total. The number of fused-ring (bicyclic) bond motifs is 5. The standard InChI is InChI=1S/C51H42N4O4/c1-3-49(56)52-25-27-58-39-19-13-33(14-20-39)47-31-35-29-37(17-23-45(35)54-47)51(43-11-7-5-9-41(43)42-10-6-8-12-44(42)51)38-18-24-46-36(30-38)32-48(55-46)34-15-21-40(22-16-34)59-28-26-53-50(57)4-2/h3-24,29-30H,1-2,25-28,31-32H2,(H,52,56)(H,53,57). The average molecular weight is 775 g/mol. The van der Waals surface area contributed by atoms with Crippen LogP contribution in [0, 0.1) is 0 Å². The van der Waals surface area contributed by atoms with Crippen LogP contribution in [0.1, 0.15) is 44.5 Å². The fourth-order valence-electron chi connectivity index (χ4n) is 8.54. The molecule has 6 aromatic carbocycles. The van der Waals surface area contributed by atoms with Crippen molar-refractivity contribution >= 4 is 34.6 Å². The summed E-state index contributed by atoms with van der Waals surface area (Å²) >= 11 is 0. The van der Waals surface area contributed by atoms with E-state index < -0.39 is 5.41 Å². The van der Waals surface area contributed by atoms with Crippen molar-refractivity contribution in [3.05, 3.63) is 203 Å². The van der Waals surface area contributed by atoms with E-state index in [1.807, 2.05) is 48.5 Å². The van der Waals surface area contributed by atoms with Crippen LogP contribution in [-0.4, -0.2) is 49.5 Å². The highest BCUT2D eigenvalue weighted by Gasteiger charge is 2.46. The molecule has 9 rings (SSSR count). The summed E-state index contributed by atoms with van der Waals surface area (Å²) in [6, 6.07) is 47.2. The number of benzene rings is 6. The molecule has 0 radical (unpaired) electrons. The third kappa shape index (κ3) is 7.03. The molecule has 0 atom stereocenters. The first-order valence-electron chi connectivity index (χ1n) is 19.8. The SMILES string of the molecule is C=CC(=O)NCCOc1ccc(C2=Nc3ccc(C4(c5ccc6c(c5)CC(c5ccc(OCCNC(=O)C=C)cc5)=N6)c5ccccc5-c5ccccc54)cc3C2)cc1. The predicted molar refractivity (Wildman–Crippen MR) is 234 cm³/mol. The van der Waals surface area contributed by atoms with Gasteiger partial charge in [0.05, 0.1) is 41.3 Å². The number of hydrogen-bond donors (Lipinski definition) is 2. The average Bonchev–Trinajstić information content (AvgIpc) is 3.99.